The third-order valence-corrected chi connectivity index (χ3v) is 3.40. The summed E-state index contributed by atoms with van der Waals surface area (Å²) in [5.74, 6) is 1.52. The quantitative estimate of drug-likeness (QED) is 0.647. The van der Waals surface area contributed by atoms with E-state index in [9.17, 15) is 4.79 Å². The highest BCUT2D eigenvalue weighted by atomic mass is 16.5. The van der Waals surface area contributed by atoms with E-state index in [0.717, 1.165) is 17.1 Å². The summed E-state index contributed by atoms with van der Waals surface area (Å²) in [5, 5.41) is 9.65. The van der Waals surface area contributed by atoms with Crippen LogP contribution in [0.5, 0.6) is 5.75 Å². The molecule has 7 heteroatoms. The lowest BCUT2D eigenvalue weighted by Crippen LogP contribution is -2.37. The lowest BCUT2D eigenvalue weighted by atomic mass is 10.3. The number of nitrogens with one attached hydrogen (secondary N) is 2. The van der Waals surface area contributed by atoms with Crippen LogP contribution in [0, 0.1) is 0 Å². The number of rotatable bonds is 7. The van der Waals surface area contributed by atoms with Crippen LogP contribution in [0.3, 0.4) is 0 Å². The van der Waals surface area contributed by atoms with Crippen molar-refractivity contribution < 1.29 is 9.53 Å². The second-order valence-corrected chi connectivity index (χ2v) is 5.25. The maximum absolute atomic E-state index is 11.8. The number of hydrogen-bond acceptors (Lipinski definition) is 4. The van der Waals surface area contributed by atoms with Gasteiger partial charge in [0.15, 0.2) is 5.82 Å². The summed E-state index contributed by atoms with van der Waals surface area (Å²) in [6, 6.07) is 14.8. The van der Waals surface area contributed by atoms with Gasteiger partial charge in [0.05, 0.1) is 6.54 Å². The largest absolute Gasteiger partial charge is 0.492 e. The van der Waals surface area contributed by atoms with Crippen molar-refractivity contribution in [3.05, 3.63) is 72.7 Å². The van der Waals surface area contributed by atoms with Crippen molar-refractivity contribution in [1.82, 2.24) is 25.4 Å². The minimum atomic E-state index is -0.243. The molecule has 2 aromatic heterocycles. The summed E-state index contributed by atoms with van der Waals surface area (Å²) in [7, 11) is 0. The van der Waals surface area contributed by atoms with Crippen molar-refractivity contribution in [3.63, 3.8) is 0 Å². The van der Waals surface area contributed by atoms with Gasteiger partial charge < -0.3 is 15.4 Å². The zero-order valence-electron chi connectivity index (χ0n) is 13.6. The normalized spacial score (nSPS) is 10.2. The molecular weight excluding hydrogens is 318 g/mol. The molecule has 0 bridgehead atoms. The molecule has 25 heavy (non-hydrogen) atoms. The molecule has 0 unspecified atom stereocenters. The molecule has 0 saturated carbocycles. The number of carbonyl (C=O) groups excluding carboxylic acids is 1. The van der Waals surface area contributed by atoms with E-state index in [-0.39, 0.29) is 6.03 Å². The molecule has 3 rings (SSSR count). The third-order valence-electron chi connectivity index (χ3n) is 3.40. The van der Waals surface area contributed by atoms with E-state index in [4.69, 9.17) is 4.74 Å². The fraction of sp³-hybridized carbons (Fsp3) is 0.167. The number of ether oxygens (including phenoxy) is 1. The Kier molecular flexibility index (Phi) is 5.60. The van der Waals surface area contributed by atoms with Crippen molar-refractivity contribution in [2.24, 2.45) is 0 Å². The first-order chi connectivity index (χ1) is 12.3. The summed E-state index contributed by atoms with van der Waals surface area (Å²) >= 11 is 0. The molecule has 128 valence electrons. The van der Waals surface area contributed by atoms with Gasteiger partial charge in [-0.2, -0.15) is 5.10 Å². The van der Waals surface area contributed by atoms with Gasteiger partial charge in [0.1, 0.15) is 12.4 Å². The highest BCUT2D eigenvalue weighted by Crippen LogP contribution is 2.07. The zero-order chi connectivity index (χ0) is 17.3. The topological polar surface area (TPSA) is 81.1 Å². The number of carbonyl (C=O) groups is 1. The molecule has 2 amide bonds. The van der Waals surface area contributed by atoms with Crippen LogP contribution in [0.2, 0.25) is 0 Å². The first kappa shape index (κ1) is 16.5. The van der Waals surface area contributed by atoms with Crippen molar-refractivity contribution in [3.8, 4) is 11.6 Å². The van der Waals surface area contributed by atoms with Crippen LogP contribution < -0.4 is 15.4 Å². The first-order valence-corrected chi connectivity index (χ1v) is 7.96. The molecule has 0 saturated heterocycles. The molecule has 0 fully saturated rings. The van der Waals surface area contributed by atoms with Gasteiger partial charge in [-0.25, -0.2) is 14.5 Å². The fourth-order valence-electron chi connectivity index (χ4n) is 2.16. The number of pyridine rings is 1. The van der Waals surface area contributed by atoms with Crippen molar-refractivity contribution in [1.29, 1.82) is 0 Å². The van der Waals surface area contributed by atoms with Crippen LogP contribution in [0.15, 0.2) is 67.1 Å². The van der Waals surface area contributed by atoms with Gasteiger partial charge in [0.25, 0.3) is 0 Å². The third kappa shape index (κ3) is 5.07. The molecule has 0 radical (unpaired) electrons. The molecule has 3 aromatic rings. The predicted octanol–water partition coefficient (Wildman–Crippen LogP) is 2.15. The molecule has 0 aliphatic carbocycles. The van der Waals surface area contributed by atoms with Gasteiger partial charge in [-0.3, -0.25) is 0 Å². The number of urea groups is 1. The second-order valence-electron chi connectivity index (χ2n) is 5.25. The van der Waals surface area contributed by atoms with Crippen molar-refractivity contribution in [2.45, 2.75) is 6.54 Å². The zero-order valence-corrected chi connectivity index (χ0v) is 13.6. The van der Waals surface area contributed by atoms with Crippen LogP contribution >= 0.6 is 0 Å². The standard InChI is InChI=1S/C18H19N5O2/c24-18(19-10-12-25-16-5-2-1-3-6-16)21-14-15-7-8-17(20-13-15)23-11-4-9-22-23/h1-9,11,13H,10,12,14H2,(H2,19,21,24). The smallest absolute Gasteiger partial charge is 0.315 e. The maximum Gasteiger partial charge on any atom is 0.315 e. The summed E-state index contributed by atoms with van der Waals surface area (Å²) in [5.41, 5.74) is 0.909. The molecule has 1 aromatic carbocycles. The van der Waals surface area contributed by atoms with E-state index in [1.165, 1.54) is 0 Å². The number of nitrogens with zero attached hydrogens (tertiary/aromatic N) is 3. The van der Waals surface area contributed by atoms with Crippen LogP contribution in [0.25, 0.3) is 5.82 Å². The molecular formula is C18H19N5O2. The summed E-state index contributed by atoms with van der Waals surface area (Å²) in [6.45, 7) is 1.24. The van der Waals surface area contributed by atoms with Crippen LogP contribution in [0.1, 0.15) is 5.56 Å². The van der Waals surface area contributed by atoms with E-state index < -0.39 is 0 Å². The van der Waals surface area contributed by atoms with Crippen LogP contribution in [-0.4, -0.2) is 33.9 Å². The van der Waals surface area contributed by atoms with Gasteiger partial charge >= 0.3 is 6.03 Å². The minimum absolute atomic E-state index is 0.243. The monoisotopic (exact) mass is 337 g/mol. The van der Waals surface area contributed by atoms with Gasteiger partial charge in [0.2, 0.25) is 0 Å². The molecule has 0 spiro atoms. The molecule has 2 heterocycles. The molecule has 0 aliphatic rings. The van der Waals surface area contributed by atoms with Gasteiger partial charge in [-0.15, -0.1) is 0 Å². The number of benzene rings is 1. The highest BCUT2D eigenvalue weighted by Gasteiger charge is 2.02. The number of aromatic nitrogens is 3. The highest BCUT2D eigenvalue weighted by molar-refractivity contribution is 5.73. The fourth-order valence-corrected chi connectivity index (χ4v) is 2.16. The Hall–Kier alpha value is -3.35. The Labute approximate surface area is 145 Å². The lowest BCUT2D eigenvalue weighted by Gasteiger charge is -2.09. The van der Waals surface area contributed by atoms with Gasteiger partial charge in [-0.05, 0) is 29.8 Å². The van der Waals surface area contributed by atoms with Crippen molar-refractivity contribution in [2.75, 3.05) is 13.2 Å². The van der Waals surface area contributed by atoms with E-state index in [2.05, 4.69) is 20.7 Å². The minimum Gasteiger partial charge on any atom is -0.492 e. The average Bonchev–Trinajstić information content (AvgIpc) is 3.20. The Morgan fingerprint density at radius 2 is 1.96 bits per heavy atom. The average molecular weight is 337 g/mol. The van der Waals surface area contributed by atoms with Crippen LogP contribution in [0.4, 0.5) is 4.79 Å². The van der Waals surface area contributed by atoms with E-state index in [0.29, 0.717) is 19.7 Å². The van der Waals surface area contributed by atoms with Crippen LogP contribution in [-0.2, 0) is 6.54 Å². The molecule has 7 nitrogen and oxygen atoms in total. The van der Waals surface area contributed by atoms with Gasteiger partial charge in [-0.1, -0.05) is 24.3 Å². The second kappa shape index (κ2) is 8.49. The summed E-state index contributed by atoms with van der Waals surface area (Å²) < 4.78 is 7.18. The van der Waals surface area contributed by atoms with Crippen molar-refractivity contribution >= 4 is 6.03 Å². The van der Waals surface area contributed by atoms with E-state index in [1.54, 1.807) is 17.1 Å². The molecule has 0 aliphatic heterocycles. The maximum atomic E-state index is 11.8. The number of para-hydroxylation sites is 1. The summed E-state index contributed by atoms with van der Waals surface area (Å²) in [6.07, 6.45) is 5.24. The van der Waals surface area contributed by atoms with Gasteiger partial charge in [0, 0.05) is 25.1 Å². The first-order valence-electron chi connectivity index (χ1n) is 7.96. The Morgan fingerprint density at radius 3 is 2.68 bits per heavy atom. The Balaban J connectivity index is 1.36. The number of amides is 2. The van der Waals surface area contributed by atoms with E-state index in [1.807, 2.05) is 54.7 Å². The Morgan fingerprint density at radius 1 is 1.08 bits per heavy atom. The molecule has 0 atom stereocenters. The summed E-state index contributed by atoms with van der Waals surface area (Å²) in [4.78, 5) is 16.1. The molecule has 2 N–H and O–H groups in total. The SMILES string of the molecule is O=C(NCCOc1ccccc1)NCc1ccc(-n2cccn2)nc1. The van der Waals surface area contributed by atoms with E-state index >= 15 is 0 Å². The Bertz CT molecular complexity index is 773. The predicted molar refractivity (Wildman–Crippen MR) is 93.5 cm³/mol. The lowest BCUT2D eigenvalue weighted by molar-refractivity contribution is 0.236. The number of hydrogen-bond donors (Lipinski definition) is 2.